The number of fused-ring (bicyclic) bond motifs is 5. The maximum Gasteiger partial charge on any atom is 0.161 e. The van der Waals surface area contributed by atoms with E-state index in [2.05, 4.69) is 277 Å². The average Bonchev–Trinajstić information content (AvgIpc) is 3.82. The van der Waals surface area contributed by atoms with Crippen molar-refractivity contribution in [2.75, 3.05) is 9.80 Å². The normalized spacial score (nSPS) is 11.3. The highest BCUT2D eigenvalue weighted by Crippen LogP contribution is 2.50. The van der Waals surface area contributed by atoms with Gasteiger partial charge in [0.25, 0.3) is 0 Å². The van der Waals surface area contributed by atoms with Gasteiger partial charge in [-0.2, -0.15) is 0 Å². The van der Waals surface area contributed by atoms with Gasteiger partial charge in [-0.05, 0) is 117 Å². The molecule has 11 aromatic carbocycles. The molecule has 0 saturated carbocycles. The van der Waals surface area contributed by atoms with Gasteiger partial charge in [0.15, 0.2) is 5.58 Å². The predicted molar refractivity (Wildman–Crippen MR) is 282 cm³/mol. The third-order valence-corrected chi connectivity index (χ3v) is 12.9. The fraction of sp³-hybridized carbons (Fsp3) is 0. The second-order valence-electron chi connectivity index (χ2n) is 16.9. The van der Waals surface area contributed by atoms with Crippen LogP contribution in [-0.4, -0.2) is 0 Å². The van der Waals surface area contributed by atoms with Gasteiger partial charge in [0, 0.05) is 33.5 Å². The van der Waals surface area contributed by atoms with E-state index >= 15 is 0 Å². The zero-order chi connectivity index (χ0) is 44.5. The van der Waals surface area contributed by atoms with Gasteiger partial charge in [0.05, 0.1) is 16.8 Å². The van der Waals surface area contributed by atoms with E-state index in [4.69, 9.17) is 4.42 Å². The second kappa shape index (κ2) is 17.2. The second-order valence-corrected chi connectivity index (χ2v) is 16.9. The first kappa shape index (κ1) is 39.7. The van der Waals surface area contributed by atoms with Crippen LogP contribution in [0.1, 0.15) is 0 Å². The Balaban J connectivity index is 1.05. The SMILES string of the molecule is c1ccc(-c2ccc(-c3ccc(N(c4ccccc4)c4ccc(N(c5ccccc5)c5cccc(-c6ccccc6-c6ccccc6)c5)c5c4oc4c6ccccc6ccc45)cc3)cc2)cc1. The summed E-state index contributed by atoms with van der Waals surface area (Å²) in [5, 5.41) is 4.30. The number of para-hydroxylation sites is 2. The van der Waals surface area contributed by atoms with Crippen LogP contribution in [0.4, 0.5) is 34.1 Å². The molecule has 0 atom stereocenters. The van der Waals surface area contributed by atoms with Crippen molar-refractivity contribution in [3.8, 4) is 44.5 Å². The fourth-order valence-corrected chi connectivity index (χ4v) is 9.65. The molecule has 0 unspecified atom stereocenters. The standard InChI is InChI=1S/C64H44N2O/c1-5-18-45(19-6-1)46-32-34-47(35-33-46)48-36-39-54(40-37-48)65(52-24-9-3-10-25-52)61-43-42-60(62-59-41-38-50-22-13-14-31-58(50)63(59)67-64(61)62)66(53-26-11-4-12-27-53)55-28-17-23-51(44-55)57-30-16-15-29-56(57)49-20-7-2-8-21-49/h1-44H. The smallest absolute Gasteiger partial charge is 0.161 e. The Morgan fingerprint density at radius 3 is 1.34 bits per heavy atom. The van der Waals surface area contributed by atoms with Gasteiger partial charge in [-0.25, -0.2) is 0 Å². The van der Waals surface area contributed by atoms with Crippen molar-refractivity contribution in [1.29, 1.82) is 0 Å². The molecule has 3 nitrogen and oxygen atoms in total. The van der Waals surface area contributed by atoms with Gasteiger partial charge in [0.2, 0.25) is 0 Å². The summed E-state index contributed by atoms with van der Waals surface area (Å²) in [5.41, 5.74) is 17.2. The molecule has 0 aliphatic carbocycles. The Hall–Kier alpha value is -8.92. The van der Waals surface area contributed by atoms with Gasteiger partial charge >= 0.3 is 0 Å². The molecule has 0 aliphatic heterocycles. The molecule has 67 heavy (non-hydrogen) atoms. The van der Waals surface area contributed by atoms with E-state index in [1.807, 2.05) is 0 Å². The molecule has 0 N–H and O–H groups in total. The molecule has 12 aromatic rings. The van der Waals surface area contributed by atoms with Crippen molar-refractivity contribution in [3.63, 3.8) is 0 Å². The van der Waals surface area contributed by atoms with E-state index in [0.717, 1.165) is 78.0 Å². The van der Waals surface area contributed by atoms with E-state index in [0.29, 0.717) is 0 Å². The molecule has 0 radical (unpaired) electrons. The highest BCUT2D eigenvalue weighted by atomic mass is 16.3. The number of nitrogens with zero attached hydrogens (tertiary/aromatic N) is 2. The van der Waals surface area contributed by atoms with Crippen molar-refractivity contribution in [1.82, 2.24) is 0 Å². The molecule has 0 spiro atoms. The number of furan rings is 1. The van der Waals surface area contributed by atoms with Crippen LogP contribution in [0, 0.1) is 0 Å². The van der Waals surface area contributed by atoms with Crippen molar-refractivity contribution >= 4 is 66.8 Å². The first-order valence-electron chi connectivity index (χ1n) is 22.8. The third kappa shape index (κ3) is 7.39. The first-order chi connectivity index (χ1) is 33.2. The van der Waals surface area contributed by atoms with Crippen LogP contribution < -0.4 is 9.80 Å². The molecule has 1 aromatic heterocycles. The van der Waals surface area contributed by atoms with E-state index in [9.17, 15) is 0 Å². The molecule has 0 fully saturated rings. The maximum atomic E-state index is 7.31. The molecule has 316 valence electrons. The topological polar surface area (TPSA) is 19.6 Å². The Kier molecular flexibility index (Phi) is 10.2. The van der Waals surface area contributed by atoms with E-state index in [-0.39, 0.29) is 0 Å². The van der Waals surface area contributed by atoms with Gasteiger partial charge in [-0.3, -0.25) is 0 Å². The van der Waals surface area contributed by atoms with Crippen molar-refractivity contribution < 1.29 is 4.42 Å². The van der Waals surface area contributed by atoms with Gasteiger partial charge in [0.1, 0.15) is 5.58 Å². The van der Waals surface area contributed by atoms with Crippen LogP contribution in [0.3, 0.4) is 0 Å². The molecule has 12 rings (SSSR count). The predicted octanol–water partition coefficient (Wildman–Crippen LogP) is 18.3. The van der Waals surface area contributed by atoms with Gasteiger partial charge in [-0.1, -0.05) is 200 Å². The average molecular weight is 857 g/mol. The number of hydrogen-bond donors (Lipinski definition) is 0. The van der Waals surface area contributed by atoms with Crippen LogP contribution >= 0.6 is 0 Å². The summed E-state index contributed by atoms with van der Waals surface area (Å²) in [4.78, 5) is 4.71. The summed E-state index contributed by atoms with van der Waals surface area (Å²) in [5.74, 6) is 0. The first-order valence-corrected chi connectivity index (χ1v) is 22.8. The molecule has 1 heterocycles. The summed E-state index contributed by atoms with van der Waals surface area (Å²) >= 11 is 0. The Labute approximate surface area is 390 Å². The minimum absolute atomic E-state index is 0.805. The zero-order valence-corrected chi connectivity index (χ0v) is 36.7. The van der Waals surface area contributed by atoms with Crippen LogP contribution in [0.5, 0.6) is 0 Å². The van der Waals surface area contributed by atoms with Crippen molar-refractivity contribution in [2.24, 2.45) is 0 Å². The lowest BCUT2D eigenvalue weighted by Gasteiger charge is -2.29. The minimum Gasteiger partial charge on any atom is -0.453 e. The molecule has 0 aliphatic rings. The quantitative estimate of drug-likeness (QED) is 0.137. The number of benzene rings is 11. The largest absolute Gasteiger partial charge is 0.453 e. The molecule has 3 heteroatoms. The van der Waals surface area contributed by atoms with E-state index in [1.54, 1.807) is 0 Å². The Morgan fingerprint density at radius 1 is 0.254 bits per heavy atom. The lowest BCUT2D eigenvalue weighted by Crippen LogP contribution is -2.13. The highest BCUT2D eigenvalue weighted by Gasteiger charge is 2.26. The van der Waals surface area contributed by atoms with Gasteiger partial charge < -0.3 is 14.2 Å². The Bertz CT molecular complexity index is 3660. The minimum atomic E-state index is 0.805. The molecular formula is C64H44N2O. The van der Waals surface area contributed by atoms with Crippen molar-refractivity contribution in [2.45, 2.75) is 0 Å². The zero-order valence-electron chi connectivity index (χ0n) is 36.7. The number of hydrogen-bond acceptors (Lipinski definition) is 3. The maximum absolute atomic E-state index is 7.31. The third-order valence-electron chi connectivity index (χ3n) is 12.9. The Morgan fingerprint density at radius 2 is 0.701 bits per heavy atom. The van der Waals surface area contributed by atoms with Gasteiger partial charge in [-0.15, -0.1) is 0 Å². The summed E-state index contributed by atoms with van der Waals surface area (Å²) in [6, 6.07) is 95.3. The molecule has 0 amide bonds. The monoisotopic (exact) mass is 856 g/mol. The van der Waals surface area contributed by atoms with Crippen molar-refractivity contribution in [3.05, 3.63) is 267 Å². The van der Waals surface area contributed by atoms with Crippen LogP contribution in [-0.2, 0) is 0 Å². The van der Waals surface area contributed by atoms with E-state index < -0.39 is 0 Å². The summed E-state index contributed by atoms with van der Waals surface area (Å²) < 4.78 is 7.31. The van der Waals surface area contributed by atoms with Crippen LogP contribution in [0.2, 0.25) is 0 Å². The molecular weight excluding hydrogens is 813 g/mol. The summed E-state index contributed by atoms with van der Waals surface area (Å²) in [7, 11) is 0. The molecule has 0 bridgehead atoms. The molecule has 0 saturated heterocycles. The lowest BCUT2D eigenvalue weighted by molar-refractivity contribution is 0.673. The van der Waals surface area contributed by atoms with E-state index in [1.165, 1.54) is 33.4 Å². The number of anilines is 6. The number of rotatable bonds is 10. The van der Waals surface area contributed by atoms with Crippen LogP contribution in [0.25, 0.3) is 77.2 Å². The summed E-state index contributed by atoms with van der Waals surface area (Å²) in [6.45, 7) is 0. The van der Waals surface area contributed by atoms with Crippen LogP contribution in [0.15, 0.2) is 271 Å². The fourth-order valence-electron chi connectivity index (χ4n) is 9.65. The highest BCUT2D eigenvalue weighted by molar-refractivity contribution is 6.22. The lowest BCUT2D eigenvalue weighted by atomic mass is 9.94. The summed E-state index contributed by atoms with van der Waals surface area (Å²) in [6.07, 6.45) is 0.